The number of fused-ring (bicyclic) bond motifs is 1. The van der Waals surface area contributed by atoms with Gasteiger partial charge in [0.15, 0.2) is 0 Å². The van der Waals surface area contributed by atoms with E-state index in [0.29, 0.717) is 10.2 Å². The molecule has 0 unspecified atom stereocenters. The van der Waals surface area contributed by atoms with Gasteiger partial charge in [0.1, 0.15) is 4.90 Å². The maximum absolute atomic E-state index is 11.6. The lowest BCUT2D eigenvalue weighted by atomic mass is 10.3. The topological polar surface area (TPSA) is 66.5 Å². The van der Waals surface area contributed by atoms with E-state index in [0.717, 1.165) is 0 Å². The largest absolute Gasteiger partial charge is 0.335 e. The van der Waals surface area contributed by atoms with Crippen LogP contribution in [-0.2, 0) is 10.0 Å². The number of halogens is 1. The predicted molar refractivity (Wildman–Crippen MR) is 58.3 cm³/mol. The highest BCUT2D eigenvalue weighted by molar-refractivity contribution is 9.10. The maximum Gasteiger partial charge on any atom is 0.335 e. The van der Waals surface area contributed by atoms with Crippen molar-refractivity contribution in [3.8, 4) is 0 Å². The highest BCUT2D eigenvalue weighted by atomic mass is 79.9. The summed E-state index contributed by atoms with van der Waals surface area (Å²) in [4.78, 5) is 12.7. The van der Waals surface area contributed by atoms with E-state index in [1.807, 2.05) is 4.72 Å². The van der Waals surface area contributed by atoms with Gasteiger partial charge in [-0.1, -0.05) is 6.07 Å². The van der Waals surface area contributed by atoms with Crippen LogP contribution in [0, 0.1) is 0 Å². The summed E-state index contributed by atoms with van der Waals surface area (Å²) >= 11 is 3.22. The number of hydrogen-bond acceptors (Lipinski definition) is 3. The highest BCUT2D eigenvalue weighted by Gasteiger charge is 2.32. The van der Waals surface area contributed by atoms with Crippen molar-refractivity contribution in [3.05, 3.63) is 22.7 Å². The van der Waals surface area contributed by atoms with Gasteiger partial charge >= 0.3 is 6.03 Å². The molecule has 1 aliphatic rings. The number of nitrogens with zero attached hydrogens (tertiary/aromatic N) is 1. The molecule has 0 fully saturated rings. The Morgan fingerprint density at radius 1 is 1.40 bits per heavy atom. The van der Waals surface area contributed by atoms with Gasteiger partial charge in [0, 0.05) is 11.5 Å². The Bertz CT molecular complexity index is 541. The molecule has 0 saturated heterocycles. The van der Waals surface area contributed by atoms with Crippen LogP contribution in [0.3, 0.4) is 0 Å². The third kappa shape index (κ3) is 1.51. The van der Waals surface area contributed by atoms with E-state index < -0.39 is 16.1 Å². The number of nitrogens with one attached hydrogen (secondary N) is 1. The van der Waals surface area contributed by atoms with Crippen LogP contribution in [0.15, 0.2) is 27.6 Å². The second-order valence-electron chi connectivity index (χ2n) is 3.06. The van der Waals surface area contributed by atoms with Crippen molar-refractivity contribution in [2.45, 2.75) is 4.90 Å². The van der Waals surface area contributed by atoms with Gasteiger partial charge in [0.2, 0.25) is 0 Å². The van der Waals surface area contributed by atoms with Crippen molar-refractivity contribution >= 4 is 37.7 Å². The summed E-state index contributed by atoms with van der Waals surface area (Å²) < 4.78 is 25.7. The summed E-state index contributed by atoms with van der Waals surface area (Å²) in [6, 6.07) is 4.08. The average Bonchev–Trinajstić information content (AvgIpc) is 2.14. The monoisotopic (exact) mass is 290 g/mol. The molecule has 1 N–H and O–H groups in total. The van der Waals surface area contributed by atoms with Crippen molar-refractivity contribution in [3.63, 3.8) is 0 Å². The van der Waals surface area contributed by atoms with Crippen molar-refractivity contribution in [1.29, 1.82) is 0 Å². The van der Waals surface area contributed by atoms with Gasteiger partial charge in [-0.05, 0) is 28.1 Å². The molecule has 0 spiro atoms. The van der Waals surface area contributed by atoms with Crippen LogP contribution >= 0.6 is 15.9 Å². The van der Waals surface area contributed by atoms with E-state index in [4.69, 9.17) is 0 Å². The fourth-order valence-corrected chi connectivity index (χ4v) is 3.38. The predicted octanol–water partition coefficient (Wildman–Crippen LogP) is 1.30. The Morgan fingerprint density at radius 3 is 2.73 bits per heavy atom. The fraction of sp³-hybridized carbons (Fsp3) is 0.125. The van der Waals surface area contributed by atoms with E-state index in [9.17, 15) is 13.2 Å². The van der Waals surface area contributed by atoms with E-state index in [1.165, 1.54) is 18.0 Å². The zero-order valence-corrected chi connectivity index (χ0v) is 10.1. The molecule has 0 bridgehead atoms. The second-order valence-corrected chi connectivity index (χ2v) is 5.56. The first-order valence-electron chi connectivity index (χ1n) is 4.02. The molecule has 15 heavy (non-hydrogen) atoms. The van der Waals surface area contributed by atoms with E-state index in [1.54, 1.807) is 12.1 Å². The molecule has 7 heteroatoms. The SMILES string of the molecule is CN1C(=O)NS(=O)(=O)c2cccc(Br)c21. The molecule has 1 heterocycles. The fourth-order valence-electron chi connectivity index (χ4n) is 1.38. The molecule has 1 aliphatic heterocycles. The Hall–Kier alpha value is -1.08. The molecule has 0 saturated carbocycles. The van der Waals surface area contributed by atoms with Gasteiger partial charge in [-0.25, -0.2) is 17.9 Å². The molecule has 2 amide bonds. The van der Waals surface area contributed by atoms with Gasteiger partial charge in [0.05, 0.1) is 5.69 Å². The molecule has 0 aromatic heterocycles. The average molecular weight is 291 g/mol. The first-order valence-corrected chi connectivity index (χ1v) is 6.30. The summed E-state index contributed by atoms with van der Waals surface area (Å²) in [6.45, 7) is 0. The minimum absolute atomic E-state index is 0.0963. The van der Waals surface area contributed by atoms with E-state index in [2.05, 4.69) is 15.9 Å². The Balaban J connectivity index is 2.81. The van der Waals surface area contributed by atoms with Gasteiger partial charge < -0.3 is 0 Å². The normalized spacial score (nSPS) is 18.3. The Morgan fingerprint density at radius 2 is 2.07 bits per heavy atom. The number of carbonyl (C=O) groups is 1. The number of benzene rings is 1. The highest BCUT2D eigenvalue weighted by Crippen LogP contribution is 2.34. The lowest BCUT2D eigenvalue weighted by Crippen LogP contribution is -2.45. The molecule has 80 valence electrons. The van der Waals surface area contributed by atoms with Gasteiger partial charge in [-0.15, -0.1) is 0 Å². The van der Waals surface area contributed by atoms with Crippen LogP contribution < -0.4 is 9.62 Å². The van der Waals surface area contributed by atoms with Crippen molar-refractivity contribution in [2.75, 3.05) is 11.9 Å². The van der Waals surface area contributed by atoms with Crippen LogP contribution in [0.1, 0.15) is 0 Å². The van der Waals surface area contributed by atoms with Crippen molar-refractivity contribution in [1.82, 2.24) is 4.72 Å². The van der Waals surface area contributed by atoms with Crippen LogP contribution in [0.5, 0.6) is 0 Å². The first kappa shape index (κ1) is 10.4. The number of anilines is 1. The quantitative estimate of drug-likeness (QED) is 0.783. The summed E-state index contributed by atoms with van der Waals surface area (Å²) in [7, 11) is -2.21. The maximum atomic E-state index is 11.6. The number of urea groups is 1. The van der Waals surface area contributed by atoms with Crippen LogP contribution in [0.25, 0.3) is 0 Å². The lowest BCUT2D eigenvalue weighted by molar-refractivity contribution is 0.251. The molecule has 5 nitrogen and oxygen atoms in total. The molecular weight excluding hydrogens is 284 g/mol. The molecule has 1 aromatic carbocycles. The third-order valence-electron chi connectivity index (χ3n) is 2.10. The smallest absolute Gasteiger partial charge is 0.294 e. The first-order chi connectivity index (χ1) is 6.93. The summed E-state index contributed by atoms with van der Waals surface area (Å²) in [5.41, 5.74) is 0.362. The number of sulfonamides is 1. The molecular formula is C8H7BrN2O3S. The number of rotatable bonds is 0. The number of hydrogen-bond donors (Lipinski definition) is 1. The van der Waals surface area contributed by atoms with Crippen LogP contribution in [-0.4, -0.2) is 21.5 Å². The second kappa shape index (κ2) is 3.21. The minimum atomic E-state index is -3.72. The standard InChI is InChI=1S/C8H7BrN2O3S/c1-11-7-5(9)3-2-4-6(7)15(13,14)10-8(11)12/h2-4H,1H3,(H,10,12). The lowest BCUT2D eigenvalue weighted by Gasteiger charge is -2.26. The Kier molecular flexibility index (Phi) is 2.23. The minimum Gasteiger partial charge on any atom is -0.294 e. The number of para-hydroxylation sites is 1. The van der Waals surface area contributed by atoms with Crippen molar-refractivity contribution < 1.29 is 13.2 Å². The van der Waals surface area contributed by atoms with Gasteiger partial charge in [0.25, 0.3) is 10.0 Å². The van der Waals surface area contributed by atoms with Crippen LogP contribution in [0.2, 0.25) is 0 Å². The zero-order chi connectivity index (χ0) is 11.2. The molecule has 0 radical (unpaired) electrons. The molecule has 2 rings (SSSR count). The van der Waals surface area contributed by atoms with E-state index >= 15 is 0 Å². The molecule has 0 aliphatic carbocycles. The molecule has 1 aromatic rings. The summed E-state index contributed by atoms with van der Waals surface area (Å²) in [5.74, 6) is 0. The zero-order valence-electron chi connectivity index (χ0n) is 7.69. The summed E-state index contributed by atoms with van der Waals surface area (Å²) in [6.07, 6.45) is 0. The number of carbonyl (C=O) groups excluding carboxylic acids is 1. The van der Waals surface area contributed by atoms with Gasteiger partial charge in [-0.2, -0.15) is 0 Å². The van der Waals surface area contributed by atoms with Crippen molar-refractivity contribution in [2.24, 2.45) is 0 Å². The van der Waals surface area contributed by atoms with Crippen LogP contribution in [0.4, 0.5) is 10.5 Å². The summed E-state index contributed by atoms with van der Waals surface area (Å²) in [5, 5.41) is 0. The number of amides is 2. The Labute approximate surface area is 95.3 Å². The molecule has 0 atom stereocenters. The third-order valence-corrected chi connectivity index (χ3v) is 4.09. The van der Waals surface area contributed by atoms with Gasteiger partial charge in [-0.3, -0.25) is 4.90 Å². The van der Waals surface area contributed by atoms with E-state index in [-0.39, 0.29) is 4.90 Å².